The monoisotopic (exact) mass is 248 g/mol. The minimum absolute atomic E-state index is 0.417. The van der Waals surface area contributed by atoms with Crippen LogP contribution in [0.5, 0.6) is 0 Å². The minimum atomic E-state index is -1.03. The highest BCUT2D eigenvalue weighted by Gasteiger charge is 2.12. The maximum Gasteiger partial charge on any atom is 0.325 e. The van der Waals surface area contributed by atoms with Crippen molar-refractivity contribution in [2.24, 2.45) is 0 Å². The molecule has 0 aliphatic heterocycles. The average Bonchev–Trinajstić information content (AvgIpc) is 2.23. The number of amides is 2. The quantitative estimate of drug-likeness (QED) is 0.566. The van der Waals surface area contributed by atoms with Crippen molar-refractivity contribution in [3.8, 4) is 0 Å². The van der Waals surface area contributed by atoms with E-state index in [1.165, 1.54) is 6.92 Å². The van der Waals surface area contributed by atoms with E-state index in [0.29, 0.717) is 6.54 Å². The molecule has 0 fully saturated rings. The van der Waals surface area contributed by atoms with E-state index in [0.717, 1.165) is 25.0 Å². The van der Waals surface area contributed by atoms with Crippen LogP contribution in [0.25, 0.3) is 0 Å². The molecule has 3 N–H and O–H groups in total. The van der Waals surface area contributed by atoms with Crippen LogP contribution in [0.15, 0.2) is 0 Å². The van der Waals surface area contributed by atoms with E-state index in [1.807, 2.05) is 11.8 Å². The summed E-state index contributed by atoms with van der Waals surface area (Å²) in [6, 6.07) is -1.27. The van der Waals surface area contributed by atoms with Crippen LogP contribution in [0.3, 0.4) is 0 Å². The van der Waals surface area contributed by atoms with Gasteiger partial charge in [0.05, 0.1) is 0 Å². The first-order chi connectivity index (χ1) is 7.57. The van der Waals surface area contributed by atoms with Gasteiger partial charge in [0.2, 0.25) is 0 Å². The van der Waals surface area contributed by atoms with E-state index >= 15 is 0 Å². The smallest absolute Gasteiger partial charge is 0.325 e. The molecule has 0 aromatic carbocycles. The number of hydrogen-bond acceptors (Lipinski definition) is 3. The summed E-state index contributed by atoms with van der Waals surface area (Å²) in [6.07, 6.45) is 5.22. The normalized spacial score (nSPS) is 11.9. The average molecular weight is 248 g/mol. The molecule has 1 atom stereocenters. The molecule has 0 heterocycles. The molecule has 94 valence electrons. The second kappa shape index (κ2) is 9.33. The first-order valence-corrected chi connectivity index (χ1v) is 6.73. The number of nitrogens with one attached hydrogen (secondary N) is 2. The number of urea groups is 1. The van der Waals surface area contributed by atoms with E-state index in [-0.39, 0.29) is 0 Å². The molecule has 0 aromatic heterocycles. The predicted octanol–water partition coefficient (Wildman–Crippen LogP) is 1.29. The summed E-state index contributed by atoms with van der Waals surface area (Å²) in [5.41, 5.74) is 0. The Morgan fingerprint density at radius 3 is 2.56 bits per heavy atom. The molecule has 0 bridgehead atoms. The van der Waals surface area contributed by atoms with Gasteiger partial charge in [-0.3, -0.25) is 4.79 Å². The molecule has 0 saturated carbocycles. The van der Waals surface area contributed by atoms with Gasteiger partial charge in [0, 0.05) is 6.54 Å². The number of carboxylic acids is 1. The van der Waals surface area contributed by atoms with Crippen molar-refractivity contribution >= 4 is 23.8 Å². The standard InChI is InChI=1S/C10H20N2O3S/c1-8(9(13)14)12-10(15)11-6-4-3-5-7-16-2/h8H,3-7H2,1-2H3,(H,13,14)(H2,11,12,15)/t8-/m1/s1. The molecule has 0 saturated heterocycles. The fourth-order valence-electron chi connectivity index (χ4n) is 1.06. The van der Waals surface area contributed by atoms with Crippen LogP contribution in [0.2, 0.25) is 0 Å². The van der Waals surface area contributed by atoms with Gasteiger partial charge >= 0.3 is 12.0 Å². The molecule has 2 amide bonds. The van der Waals surface area contributed by atoms with Crippen molar-refractivity contribution in [3.05, 3.63) is 0 Å². The van der Waals surface area contributed by atoms with Gasteiger partial charge < -0.3 is 15.7 Å². The Morgan fingerprint density at radius 1 is 1.31 bits per heavy atom. The van der Waals surface area contributed by atoms with Crippen LogP contribution in [-0.4, -0.2) is 41.7 Å². The molecule has 5 nitrogen and oxygen atoms in total. The first-order valence-electron chi connectivity index (χ1n) is 5.34. The lowest BCUT2D eigenvalue weighted by Crippen LogP contribution is -2.44. The molecule has 0 rings (SSSR count). The summed E-state index contributed by atoms with van der Waals surface area (Å²) < 4.78 is 0. The number of rotatable bonds is 8. The largest absolute Gasteiger partial charge is 0.480 e. The van der Waals surface area contributed by atoms with Crippen molar-refractivity contribution < 1.29 is 14.7 Å². The maximum absolute atomic E-state index is 11.2. The Balaban J connectivity index is 3.40. The van der Waals surface area contributed by atoms with Gasteiger partial charge in [-0.15, -0.1) is 0 Å². The summed E-state index contributed by atoms with van der Waals surface area (Å²) in [6.45, 7) is 2.02. The molecule has 16 heavy (non-hydrogen) atoms. The fraction of sp³-hybridized carbons (Fsp3) is 0.800. The van der Waals surface area contributed by atoms with Gasteiger partial charge in [-0.25, -0.2) is 4.79 Å². The summed E-state index contributed by atoms with van der Waals surface area (Å²) in [5, 5.41) is 13.5. The van der Waals surface area contributed by atoms with Crippen LogP contribution >= 0.6 is 11.8 Å². The van der Waals surface area contributed by atoms with Gasteiger partial charge in [0.25, 0.3) is 0 Å². The Bertz CT molecular complexity index is 224. The topological polar surface area (TPSA) is 78.4 Å². The van der Waals surface area contributed by atoms with Crippen LogP contribution in [0.1, 0.15) is 26.2 Å². The Hall–Kier alpha value is -0.910. The van der Waals surface area contributed by atoms with Crippen molar-refractivity contribution in [1.82, 2.24) is 10.6 Å². The molecular weight excluding hydrogens is 228 g/mol. The van der Waals surface area contributed by atoms with Gasteiger partial charge in [0.1, 0.15) is 6.04 Å². The predicted molar refractivity (Wildman–Crippen MR) is 65.9 cm³/mol. The number of hydrogen-bond donors (Lipinski definition) is 3. The zero-order chi connectivity index (χ0) is 12.4. The number of carbonyl (C=O) groups excluding carboxylic acids is 1. The molecule has 0 aliphatic carbocycles. The Kier molecular flexibility index (Phi) is 8.80. The number of unbranched alkanes of at least 4 members (excludes halogenated alkanes) is 2. The molecule has 0 spiro atoms. The molecule has 6 heteroatoms. The second-order valence-electron chi connectivity index (χ2n) is 3.51. The summed E-state index contributed by atoms with van der Waals surface area (Å²) in [4.78, 5) is 21.6. The molecule has 0 aromatic rings. The lowest BCUT2D eigenvalue weighted by molar-refractivity contribution is -0.138. The summed E-state index contributed by atoms with van der Waals surface area (Å²) >= 11 is 1.81. The second-order valence-corrected chi connectivity index (χ2v) is 4.50. The van der Waals surface area contributed by atoms with E-state index in [4.69, 9.17) is 5.11 Å². The van der Waals surface area contributed by atoms with Crippen molar-refractivity contribution in [3.63, 3.8) is 0 Å². The van der Waals surface area contributed by atoms with Crippen LogP contribution < -0.4 is 10.6 Å². The number of carboxylic acid groups (broad SMARTS) is 1. The lowest BCUT2D eigenvalue weighted by atomic mass is 10.2. The molecule has 0 aliphatic rings. The summed E-state index contributed by atoms with van der Waals surface area (Å²) in [5.74, 6) is 0.109. The van der Waals surface area contributed by atoms with Crippen molar-refractivity contribution in [1.29, 1.82) is 0 Å². The Morgan fingerprint density at radius 2 is 2.00 bits per heavy atom. The highest BCUT2D eigenvalue weighted by atomic mass is 32.2. The highest BCUT2D eigenvalue weighted by Crippen LogP contribution is 2.01. The molecular formula is C10H20N2O3S. The lowest BCUT2D eigenvalue weighted by Gasteiger charge is -2.10. The fourth-order valence-corrected chi connectivity index (χ4v) is 1.55. The number of aliphatic carboxylic acids is 1. The van der Waals surface area contributed by atoms with Crippen LogP contribution in [-0.2, 0) is 4.79 Å². The van der Waals surface area contributed by atoms with E-state index in [2.05, 4.69) is 16.9 Å². The Labute approximate surface area is 100 Å². The third-order valence-electron chi connectivity index (χ3n) is 2.03. The first kappa shape index (κ1) is 15.1. The van der Waals surface area contributed by atoms with E-state index < -0.39 is 18.0 Å². The van der Waals surface area contributed by atoms with Gasteiger partial charge in [-0.2, -0.15) is 11.8 Å². The minimum Gasteiger partial charge on any atom is -0.480 e. The number of carbonyl (C=O) groups is 2. The zero-order valence-electron chi connectivity index (χ0n) is 9.78. The highest BCUT2D eigenvalue weighted by molar-refractivity contribution is 7.98. The van der Waals surface area contributed by atoms with Gasteiger partial charge in [-0.1, -0.05) is 6.42 Å². The van der Waals surface area contributed by atoms with E-state index in [1.54, 1.807) is 0 Å². The van der Waals surface area contributed by atoms with E-state index in [9.17, 15) is 9.59 Å². The van der Waals surface area contributed by atoms with Crippen LogP contribution in [0.4, 0.5) is 4.79 Å². The van der Waals surface area contributed by atoms with Crippen molar-refractivity contribution in [2.75, 3.05) is 18.6 Å². The molecule has 0 unspecified atom stereocenters. The van der Waals surface area contributed by atoms with Gasteiger partial charge in [0.15, 0.2) is 0 Å². The summed E-state index contributed by atoms with van der Waals surface area (Å²) in [7, 11) is 0. The third-order valence-corrected chi connectivity index (χ3v) is 2.73. The third kappa shape index (κ3) is 8.40. The molecule has 0 radical (unpaired) electrons. The van der Waals surface area contributed by atoms with Gasteiger partial charge in [-0.05, 0) is 31.8 Å². The number of thioether (sulfide) groups is 1. The zero-order valence-corrected chi connectivity index (χ0v) is 10.6. The van der Waals surface area contributed by atoms with Crippen molar-refractivity contribution in [2.45, 2.75) is 32.2 Å². The van der Waals surface area contributed by atoms with Crippen LogP contribution in [0, 0.1) is 0 Å². The maximum atomic E-state index is 11.2. The SMILES string of the molecule is CSCCCCCNC(=O)N[C@H](C)C(=O)O.